The lowest BCUT2D eigenvalue weighted by atomic mass is 10.3. The van der Waals surface area contributed by atoms with E-state index in [0.29, 0.717) is 11.6 Å². The Morgan fingerprint density at radius 2 is 1.67 bits per heavy atom. The standard InChI is InChI=1S/C12H7Cl2F7N4S2/c1-12(15,16)26-10-8(4-22)24-25(11(10)23)9-6(13)2-5(3-7(9)14)27(17,18,19,20)21/h2-3H,23H2,1H3. The molecule has 1 aromatic carbocycles. The van der Waals surface area contributed by atoms with Crippen LogP contribution in [0, 0.1) is 11.3 Å². The monoisotopic (exact) mass is 474 g/mol. The van der Waals surface area contributed by atoms with Crippen LogP contribution in [0.5, 0.6) is 0 Å². The van der Waals surface area contributed by atoms with Gasteiger partial charge in [-0.3, -0.25) is 0 Å². The molecule has 0 amide bonds. The summed E-state index contributed by atoms with van der Waals surface area (Å²) in [4.78, 5) is -2.83. The molecule has 15 heteroatoms. The average molecular weight is 475 g/mol. The summed E-state index contributed by atoms with van der Waals surface area (Å²) in [6, 6.07) is 1.32. The van der Waals surface area contributed by atoms with E-state index in [1.165, 1.54) is 6.07 Å². The molecule has 1 heterocycles. The molecule has 0 radical (unpaired) electrons. The number of benzene rings is 1. The second kappa shape index (κ2) is 5.76. The molecule has 0 aliphatic heterocycles. The smallest absolute Gasteiger partial charge is 0.310 e. The summed E-state index contributed by atoms with van der Waals surface area (Å²) in [5.41, 5.74) is 4.49. The maximum atomic E-state index is 13.2. The largest absolute Gasteiger partial charge is 0.383 e. The van der Waals surface area contributed by atoms with Crippen molar-refractivity contribution in [3.63, 3.8) is 0 Å². The van der Waals surface area contributed by atoms with E-state index in [9.17, 15) is 28.2 Å². The molecule has 2 rings (SSSR count). The van der Waals surface area contributed by atoms with Gasteiger partial charge in [-0.2, -0.15) is 19.1 Å². The summed E-state index contributed by atoms with van der Waals surface area (Å²) in [7, 11) is -10.1. The van der Waals surface area contributed by atoms with Crippen LogP contribution in [-0.2, 0) is 0 Å². The molecule has 0 fully saturated rings. The minimum Gasteiger partial charge on any atom is -0.383 e. The molecule has 0 atom stereocenters. The van der Waals surface area contributed by atoms with Crippen molar-refractivity contribution in [2.75, 3.05) is 5.73 Å². The maximum absolute atomic E-state index is 13.2. The number of nitriles is 1. The zero-order chi connectivity index (χ0) is 21.1. The summed E-state index contributed by atoms with van der Waals surface area (Å²) in [6.45, 7) is 0.513. The number of nitrogens with two attached hydrogens (primary N) is 1. The highest BCUT2D eigenvalue weighted by Gasteiger charge is 2.65. The number of anilines is 1. The number of halogens is 9. The summed E-state index contributed by atoms with van der Waals surface area (Å²) < 4.78 is 91.7. The molecule has 27 heavy (non-hydrogen) atoms. The van der Waals surface area contributed by atoms with Crippen LogP contribution in [0.15, 0.2) is 21.9 Å². The van der Waals surface area contributed by atoms with Crippen LogP contribution in [0.3, 0.4) is 0 Å². The van der Waals surface area contributed by atoms with Crippen LogP contribution in [-0.4, -0.2) is 15.0 Å². The minimum absolute atomic E-state index is 0.0846. The van der Waals surface area contributed by atoms with Gasteiger partial charge in [0.05, 0.1) is 14.9 Å². The zero-order valence-electron chi connectivity index (χ0n) is 12.8. The van der Waals surface area contributed by atoms with Gasteiger partial charge in [-0.05, 0) is 23.9 Å². The third-order valence-electron chi connectivity index (χ3n) is 2.91. The highest BCUT2D eigenvalue weighted by molar-refractivity contribution is 8.45. The van der Waals surface area contributed by atoms with Gasteiger partial charge in [0.25, 0.3) is 5.25 Å². The van der Waals surface area contributed by atoms with E-state index < -0.39 is 52.5 Å². The lowest BCUT2D eigenvalue weighted by Gasteiger charge is -2.40. The zero-order valence-corrected chi connectivity index (χ0v) is 15.9. The molecule has 1 aromatic heterocycles. The van der Waals surface area contributed by atoms with Gasteiger partial charge in [0.2, 0.25) is 0 Å². The molecule has 2 aromatic rings. The fourth-order valence-corrected chi connectivity index (χ4v) is 4.10. The molecular weight excluding hydrogens is 468 g/mol. The lowest BCUT2D eigenvalue weighted by molar-refractivity contribution is 0.129. The fourth-order valence-electron chi connectivity index (χ4n) is 1.91. The normalized spacial score (nSPS) is 15.1. The van der Waals surface area contributed by atoms with E-state index in [1.54, 1.807) is 0 Å². The highest BCUT2D eigenvalue weighted by atomic mass is 35.5. The topological polar surface area (TPSA) is 67.6 Å². The van der Waals surface area contributed by atoms with Gasteiger partial charge in [0.15, 0.2) is 5.69 Å². The van der Waals surface area contributed by atoms with Crippen molar-refractivity contribution >= 4 is 51.0 Å². The van der Waals surface area contributed by atoms with Crippen LogP contribution in [0.2, 0.25) is 10.0 Å². The maximum Gasteiger partial charge on any atom is 0.310 e. The first-order chi connectivity index (χ1) is 11.8. The van der Waals surface area contributed by atoms with E-state index in [1.807, 2.05) is 0 Å². The summed E-state index contributed by atoms with van der Waals surface area (Å²) in [6.07, 6.45) is 0. The van der Waals surface area contributed by atoms with Crippen molar-refractivity contribution in [1.82, 2.24) is 9.78 Å². The van der Waals surface area contributed by atoms with Crippen LogP contribution in [0.25, 0.3) is 5.69 Å². The van der Waals surface area contributed by atoms with E-state index in [4.69, 9.17) is 34.2 Å². The van der Waals surface area contributed by atoms with Crippen molar-refractivity contribution in [2.24, 2.45) is 0 Å². The lowest BCUT2D eigenvalue weighted by Crippen LogP contribution is -2.09. The Balaban J connectivity index is 2.73. The predicted octanol–water partition coefficient (Wildman–Crippen LogP) is 7.00. The SMILES string of the molecule is CC(F)(F)Sc1c(C#N)nn(-c2c(Cl)cc(S(F)(F)(F)(F)F)cc2Cl)c1N. The number of hydrogen-bond donors (Lipinski definition) is 1. The number of alkyl halides is 2. The molecule has 0 unspecified atom stereocenters. The Hall–Kier alpha value is -1.49. The quantitative estimate of drug-likeness (QED) is 0.382. The van der Waals surface area contributed by atoms with Crippen molar-refractivity contribution < 1.29 is 28.2 Å². The number of hydrogen-bond acceptors (Lipinski definition) is 4. The van der Waals surface area contributed by atoms with Crippen molar-refractivity contribution in [3.05, 3.63) is 27.9 Å². The molecule has 2 N–H and O–H groups in total. The minimum atomic E-state index is -10.1. The molecule has 0 spiro atoms. The number of aromatic nitrogens is 2. The molecule has 0 bridgehead atoms. The average Bonchev–Trinajstić information content (AvgIpc) is 2.71. The van der Waals surface area contributed by atoms with Crippen molar-refractivity contribution in [3.8, 4) is 11.8 Å². The fraction of sp³-hybridized carbons (Fsp3) is 0.167. The Morgan fingerprint density at radius 3 is 2.04 bits per heavy atom. The van der Waals surface area contributed by atoms with Crippen molar-refractivity contribution in [1.29, 1.82) is 5.26 Å². The number of rotatable bonds is 4. The summed E-state index contributed by atoms with van der Waals surface area (Å²) in [5.74, 6) is -0.582. The Bertz CT molecular complexity index is 955. The third kappa shape index (κ3) is 4.68. The van der Waals surface area contributed by atoms with E-state index >= 15 is 0 Å². The third-order valence-corrected chi connectivity index (χ3v) is 5.58. The first kappa shape index (κ1) is 21.8. The summed E-state index contributed by atoms with van der Waals surface area (Å²) in [5, 5.41) is 7.37. The number of nitrogen functional groups attached to an aromatic ring is 1. The number of nitrogens with zero attached hydrogens (tertiary/aromatic N) is 3. The Labute approximate surface area is 161 Å². The van der Waals surface area contributed by atoms with Gasteiger partial charge in [-0.25, -0.2) is 4.68 Å². The van der Waals surface area contributed by atoms with E-state index in [-0.39, 0.29) is 23.9 Å². The van der Waals surface area contributed by atoms with Gasteiger partial charge < -0.3 is 5.73 Å². The first-order valence-corrected chi connectivity index (χ1v) is 9.95. The molecule has 4 nitrogen and oxygen atoms in total. The van der Waals surface area contributed by atoms with Crippen LogP contribution in [0.1, 0.15) is 12.6 Å². The predicted molar refractivity (Wildman–Crippen MR) is 90.6 cm³/mol. The van der Waals surface area contributed by atoms with Gasteiger partial charge in [0.1, 0.15) is 22.5 Å². The highest BCUT2D eigenvalue weighted by Crippen LogP contribution is 3.02. The second-order valence-corrected chi connectivity index (χ2v) is 9.75. The van der Waals surface area contributed by atoms with Gasteiger partial charge in [-0.1, -0.05) is 42.6 Å². The van der Waals surface area contributed by atoms with Crippen LogP contribution < -0.4 is 5.73 Å². The molecular formula is C12H7Cl2F7N4S2. The number of thioether (sulfide) groups is 1. The van der Waals surface area contributed by atoms with E-state index in [0.717, 1.165) is 0 Å². The van der Waals surface area contributed by atoms with Crippen LogP contribution in [0.4, 0.5) is 34.0 Å². The van der Waals surface area contributed by atoms with Crippen molar-refractivity contribution in [2.45, 2.75) is 22.0 Å². The molecule has 0 aliphatic carbocycles. The molecule has 150 valence electrons. The van der Waals surface area contributed by atoms with Gasteiger partial charge in [-0.15, -0.1) is 0 Å². The van der Waals surface area contributed by atoms with E-state index in [2.05, 4.69) is 5.10 Å². The molecule has 0 saturated heterocycles. The summed E-state index contributed by atoms with van der Waals surface area (Å²) >= 11 is 11.2. The Kier molecular flexibility index (Phi) is 4.65. The Morgan fingerprint density at radius 1 is 1.19 bits per heavy atom. The molecule has 0 aliphatic rings. The van der Waals surface area contributed by atoms with Gasteiger partial charge in [0, 0.05) is 6.92 Å². The second-order valence-electron chi connectivity index (χ2n) is 5.20. The van der Waals surface area contributed by atoms with Crippen LogP contribution >= 0.6 is 45.2 Å². The molecule has 0 saturated carbocycles. The van der Waals surface area contributed by atoms with Gasteiger partial charge >= 0.3 is 10.2 Å². The first-order valence-electron chi connectivity index (χ1n) is 6.43.